The first kappa shape index (κ1) is 6.08. The number of allylic oxidation sites excluding steroid dienone is 2. The molecule has 1 aliphatic heterocycles. The van der Waals surface area contributed by atoms with E-state index in [-0.39, 0.29) is 5.92 Å². The molecule has 0 fully saturated rings. The summed E-state index contributed by atoms with van der Waals surface area (Å²) in [5.41, 5.74) is 0.803. The normalized spacial score (nSPS) is 24.6. The van der Waals surface area contributed by atoms with Gasteiger partial charge in [-0.2, -0.15) is 0 Å². The number of carbonyl (C=O) groups excluding carboxylic acids is 1. The number of aldehydes is 1. The monoisotopic (exact) mass is 123 g/mol. The second-order valence-electron chi connectivity index (χ2n) is 2.08. The number of rotatable bonds is 1. The molecule has 1 aliphatic rings. The number of dihydropyridines is 1. The molecule has 0 aliphatic carbocycles. The van der Waals surface area contributed by atoms with E-state index >= 15 is 0 Å². The Morgan fingerprint density at radius 3 is 3.00 bits per heavy atom. The Labute approximate surface area is 54.3 Å². The minimum absolute atomic E-state index is 0.267. The first-order chi connectivity index (χ1) is 4.34. The third kappa shape index (κ3) is 1.19. The zero-order valence-corrected chi connectivity index (χ0v) is 5.29. The van der Waals surface area contributed by atoms with Crippen LogP contribution in [0.1, 0.15) is 6.92 Å². The molecule has 2 nitrogen and oxygen atoms in total. The van der Waals surface area contributed by atoms with E-state index in [0.29, 0.717) is 0 Å². The van der Waals surface area contributed by atoms with Gasteiger partial charge >= 0.3 is 0 Å². The highest BCUT2D eigenvalue weighted by Gasteiger charge is 2.05. The van der Waals surface area contributed by atoms with E-state index in [1.54, 1.807) is 6.20 Å². The summed E-state index contributed by atoms with van der Waals surface area (Å²) in [4.78, 5) is 10.2. The minimum Gasteiger partial charge on any atom is -0.368 e. The molecule has 48 valence electrons. The average Bonchev–Trinajstić information content (AvgIpc) is 1.89. The number of nitrogens with one attached hydrogen (secondary N) is 1. The van der Waals surface area contributed by atoms with Crippen molar-refractivity contribution >= 4 is 6.29 Å². The van der Waals surface area contributed by atoms with E-state index in [1.165, 1.54) is 0 Å². The van der Waals surface area contributed by atoms with Gasteiger partial charge < -0.3 is 5.32 Å². The van der Waals surface area contributed by atoms with Crippen LogP contribution < -0.4 is 5.32 Å². The van der Waals surface area contributed by atoms with Gasteiger partial charge in [0.15, 0.2) is 0 Å². The molecule has 0 bridgehead atoms. The second-order valence-corrected chi connectivity index (χ2v) is 2.08. The summed E-state index contributed by atoms with van der Waals surface area (Å²) in [6.07, 6.45) is 6.38. The summed E-state index contributed by atoms with van der Waals surface area (Å²) in [6.45, 7) is 1.98. The maximum absolute atomic E-state index is 10.2. The molecule has 1 atom stereocenters. The van der Waals surface area contributed by atoms with E-state index < -0.39 is 0 Å². The van der Waals surface area contributed by atoms with Gasteiger partial charge in [0.2, 0.25) is 0 Å². The third-order valence-electron chi connectivity index (χ3n) is 1.39. The molecule has 0 spiro atoms. The smallest absolute Gasteiger partial charge is 0.148 e. The lowest BCUT2D eigenvalue weighted by molar-refractivity contribution is -0.105. The number of carbonyl (C=O) groups is 1. The predicted molar refractivity (Wildman–Crippen MR) is 35.6 cm³/mol. The Hall–Kier alpha value is -1.05. The average molecular weight is 123 g/mol. The van der Waals surface area contributed by atoms with Crippen molar-refractivity contribution in [1.82, 2.24) is 5.32 Å². The number of hydrogen-bond acceptors (Lipinski definition) is 2. The molecule has 2 heteroatoms. The highest BCUT2D eigenvalue weighted by molar-refractivity contribution is 5.74. The molecular weight excluding hydrogens is 114 g/mol. The van der Waals surface area contributed by atoms with Crippen LogP contribution in [0.3, 0.4) is 0 Å². The van der Waals surface area contributed by atoms with E-state index in [4.69, 9.17) is 0 Å². The Kier molecular flexibility index (Phi) is 1.68. The lowest BCUT2D eigenvalue weighted by atomic mass is 10.0. The van der Waals surface area contributed by atoms with Crippen LogP contribution in [-0.2, 0) is 4.79 Å². The highest BCUT2D eigenvalue weighted by atomic mass is 16.1. The quantitative estimate of drug-likeness (QED) is 0.523. The van der Waals surface area contributed by atoms with Gasteiger partial charge in [-0.1, -0.05) is 13.0 Å². The summed E-state index contributed by atoms with van der Waals surface area (Å²) in [7, 11) is 0. The zero-order valence-electron chi connectivity index (χ0n) is 5.29. The van der Waals surface area contributed by atoms with Gasteiger partial charge in [0.1, 0.15) is 6.29 Å². The van der Waals surface area contributed by atoms with Gasteiger partial charge in [-0.05, 0) is 6.20 Å². The van der Waals surface area contributed by atoms with E-state index in [1.807, 2.05) is 19.2 Å². The van der Waals surface area contributed by atoms with Crippen LogP contribution in [0.4, 0.5) is 0 Å². The maximum atomic E-state index is 10.2. The van der Waals surface area contributed by atoms with E-state index in [0.717, 1.165) is 11.9 Å². The predicted octanol–water partition coefficient (Wildman–Crippen LogP) is 0.822. The van der Waals surface area contributed by atoms with Crippen molar-refractivity contribution in [2.45, 2.75) is 6.92 Å². The standard InChI is InChI=1S/C7H9NO/c1-6-2-3-8-4-7(6)5-9/h2-6,8H,1H3/t6-/m1/s1. The van der Waals surface area contributed by atoms with Crippen LogP contribution in [0.5, 0.6) is 0 Å². The van der Waals surface area contributed by atoms with Crippen LogP contribution in [0.2, 0.25) is 0 Å². The Morgan fingerprint density at radius 1 is 1.78 bits per heavy atom. The lowest BCUT2D eigenvalue weighted by Gasteiger charge is -2.09. The molecule has 1 heterocycles. The van der Waals surface area contributed by atoms with Gasteiger partial charge in [-0.15, -0.1) is 0 Å². The van der Waals surface area contributed by atoms with Crippen molar-refractivity contribution in [3.8, 4) is 0 Å². The van der Waals surface area contributed by atoms with Gasteiger partial charge in [-0.25, -0.2) is 0 Å². The largest absolute Gasteiger partial charge is 0.368 e. The molecule has 0 aromatic heterocycles. The zero-order chi connectivity index (χ0) is 6.69. The van der Waals surface area contributed by atoms with Gasteiger partial charge in [0.05, 0.1) is 0 Å². The lowest BCUT2D eigenvalue weighted by Crippen LogP contribution is -2.08. The Bertz CT molecular complexity index is 170. The molecule has 1 N–H and O–H groups in total. The maximum Gasteiger partial charge on any atom is 0.148 e. The van der Waals surface area contributed by atoms with E-state index in [2.05, 4.69) is 5.32 Å². The topological polar surface area (TPSA) is 29.1 Å². The van der Waals surface area contributed by atoms with Crippen LogP contribution in [-0.4, -0.2) is 6.29 Å². The molecule has 0 saturated heterocycles. The van der Waals surface area contributed by atoms with Crippen molar-refractivity contribution < 1.29 is 4.79 Å². The van der Waals surface area contributed by atoms with E-state index in [9.17, 15) is 4.79 Å². The van der Waals surface area contributed by atoms with Crippen LogP contribution >= 0.6 is 0 Å². The highest BCUT2D eigenvalue weighted by Crippen LogP contribution is 2.10. The Morgan fingerprint density at radius 2 is 2.56 bits per heavy atom. The second kappa shape index (κ2) is 2.49. The fourth-order valence-corrected chi connectivity index (χ4v) is 0.728. The van der Waals surface area contributed by atoms with Gasteiger partial charge in [0, 0.05) is 17.7 Å². The SMILES string of the molecule is C[C@@H]1C=CNC=C1C=O. The third-order valence-corrected chi connectivity index (χ3v) is 1.39. The Balaban J connectivity index is 2.70. The fraction of sp³-hybridized carbons (Fsp3) is 0.286. The first-order valence-electron chi connectivity index (χ1n) is 2.92. The summed E-state index contributed by atoms with van der Waals surface area (Å²) in [5.74, 6) is 0.267. The van der Waals surface area contributed by atoms with Crippen molar-refractivity contribution in [3.05, 3.63) is 24.0 Å². The molecule has 0 aromatic rings. The molecule has 0 unspecified atom stereocenters. The summed E-state index contributed by atoms with van der Waals surface area (Å²) >= 11 is 0. The van der Waals surface area contributed by atoms with Gasteiger partial charge in [-0.3, -0.25) is 4.79 Å². The van der Waals surface area contributed by atoms with Crippen LogP contribution in [0, 0.1) is 5.92 Å². The molecule has 0 saturated carbocycles. The molecule has 0 radical (unpaired) electrons. The summed E-state index contributed by atoms with van der Waals surface area (Å²) in [6, 6.07) is 0. The van der Waals surface area contributed by atoms with Crippen molar-refractivity contribution in [2.24, 2.45) is 5.92 Å². The molecule has 9 heavy (non-hydrogen) atoms. The van der Waals surface area contributed by atoms with Crippen molar-refractivity contribution in [3.63, 3.8) is 0 Å². The molecular formula is C7H9NO. The van der Waals surface area contributed by atoms with Crippen molar-refractivity contribution in [2.75, 3.05) is 0 Å². The molecule has 0 aromatic carbocycles. The first-order valence-corrected chi connectivity index (χ1v) is 2.92. The van der Waals surface area contributed by atoms with Crippen molar-refractivity contribution in [1.29, 1.82) is 0 Å². The van der Waals surface area contributed by atoms with Crippen LogP contribution in [0.15, 0.2) is 24.0 Å². The van der Waals surface area contributed by atoms with Crippen LogP contribution in [0.25, 0.3) is 0 Å². The number of hydrogen-bond donors (Lipinski definition) is 1. The molecule has 1 rings (SSSR count). The fourth-order valence-electron chi connectivity index (χ4n) is 0.728. The minimum atomic E-state index is 0.267. The summed E-state index contributed by atoms with van der Waals surface area (Å²) < 4.78 is 0. The summed E-state index contributed by atoms with van der Waals surface area (Å²) in [5, 5.41) is 2.84. The van der Waals surface area contributed by atoms with Gasteiger partial charge in [0.25, 0.3) is 0 Å². The molecule has 0 amide bonds.